The molecular formula is C21H23NO9. The zero-order valence-electron chi connectivity index (χ0n) is 16.5. The van der Waals surface area contributed by atoms with E-state index in [4.69, 9.17) is 14.6 Å². The lowest BCUT2D eigenvalue weighted by atomic mass is 9.99. The Bertz CT molecular complexity index is 964. The Morgan fingerprint density at radius 1 is 1.00 bits per heavy atom. The highest BCUT2D eigenvalue weighted by atomic mass is 16.7. The molecule has 166 valence electrons. The number of para-hydroxylation sites is 1. The minimum Gasteiger partial charge on any atom is -0.479 e. The third-order valence-electron chi connectivity index (χ3n) is 5.07. The first-order valence-corrected chi connectivity index (χ1v) is 9.43. The van der Waals surface area contributed by atoms with E-state index in [0.717, 1.165) is 5.56 Å². The average molecular weight is 433 g/mol. The van der Waals surface area contributed by atoms with Crippen LogP contribution in [-0.4, -0.2) is 68.2 Å². The van der Waals surface area contributed by atoms with Crippen LogP contribution in [-0.2, 0) is 20.9 Å². The number of carboxylic acids is 1. The van der Waals surface area contributed by atoms with Gasteiger partial charge in [0.25, 0.3) is 0 Å². The van der Waals surface area contributed by atoms with E-state index < -0.39 is 42.6 Å². The van der Waals surface area contributed by atoms with Crippen LogP contribution in [0.15, 0.2) is 42.5 Å². The summed E-state index contributed by atoms with van der Waals surface area (Å²) in [6.07, 6.45) is -9.31. The zero-order valence-corrected chi connectivity index (χ0v) is 16.5. The summed E-state index contributed by atoms with van der Waals surface area (Å²) in [4.78, 5) is 24.0. The van der Waals surface area contributed by atoms with E-state index in [-0.39, 0.29) is 12.2 Å². The highest BCUT2D eigenvalue weighted by molar-refractivity contribution is 5.96. The minimum absolute atomic E-state index is 0.0552. The molecule has 0 bridgehead atoms. The number of rotatable bonds is 6. The van der Waals surface area contributed by atoms with Crippen LogP contribution in [0.25, 0.3) is 0 Å². The molecule has 1 heterocycles. The second-order valence-electron chi connectivity index (χ2n) is 7.06. The molecule has 3 unspecified atom stereocenters. The summed E-state index contributed by atoms with van der Waals surface area (Å²) in [5.74, 6) is -2.53. The molecule has 1 saturated heterocycles. The first kappa shape index (κ1) is 22.7. The van der Waals surface area contributed by atoms with Crippen molar-refractivity contribution in [1.29, 1.82) is 0 Å². The molecule has 31 heavy (non-hydrogen) atoms. The first-order chi connectivity index (χ1) is 14.7. The Morgan fingerprint density at radius 2 is 1.68 bits per heavy atom. The van der Waals surface area contributed by atoms with Gasteiger partial charge in [0.1, 0.15) is 18.3 Å². The molecule has 1 aliphatic heterocycles. The molecular weight excluding hydrogens is 410 g/mol. The van der Waals surface area contributed by atoms with E-state index in [1.807, 2.05) is 0 Å². The summed E-state index contributed by atoms with van der Waals surface area (Å²) in [5, 5.41) is 51.3. The minimum atomic E-state index is -1.89. The Morgan fingerprint density at radius 3 is 2.35 bits per heavy atom. The van der Waals surface area contributed by atoms with Gasteiger partial charge in [0, 0.05) is 5.69 Å². The van der Waals surface area contributed by atoms with Crippen molar-refractivity contribution >= 4 is 23.3 Å². The lowest BCUT2D eigenvalue weighted by molar-refractivity contribution is -0.278. The monoisotopic (exact) mass is 433 g/mol. The van der Waals surface area contributed by atoms with Crippen LogP contribution in [0.5, 0.6) is 0 Å². The summed E-state index contributed by atoms with van der Waals surface area (Å²) in [6, 6.07) is 11.6. The van der Waals surface area contributed by atoms with Crippen LogP contribution < -0.4 is 5.32 Å². The largest absolute Gasteiger partial charge is 0.479 e. The van der Waals surface area contributed by atoms with Crippen LogP contribution in [0.4, 0.5) is 11.4 Å². The number of hydrogen-bond donors (Lipinski definition) is 6. The number of ether oxygens (including phenoxy) is 2. The normalized spacial score (nSPS) is 25.6. The second kappa shape index (κ2) is 9.41. The fourth-order valence-electron chi connectivity index (χ4n) is 3.22. The molecule has 5 atom stereocenters. The molecule has 0 radical (unpaired) electrons. The summed E-state index contributed by atoms with van der Waals surface area (Å²) < 4.78 is 10.1. The summed E-state index contributed by atoms with van der Waals surface area (Å²) in [6.45, 7) is 1.65. The Kier molecular flexibility index (Phi) is 6.88. The number of anilines is 2. The molecule has 3 rings (SSSR count). The van der Waals surface area contributed by atoms with E-state index >= 15 is 0 Å². The maximum absolute atomic E-state index is 12.8. The zero-order chi connectivity index (χ0) is 22.7. The fraction of sp³-hybridized carbons (Fsp3) is 0.333. The van der Waals surface area contributed by atoms with Gasteiger partial charge in [-0.25, -0.2) is 9.59 Å². The Balaban J connectivity index is 1.83. The van der Waals surface area contributed by atoms with Gasteiger partial charge in [-0.05, 0) is 36.2 Å². The maximum Gasteiger partial charge on any atom is 0.342 e. The maximum atomic E-state index is 12.8. The predicted molar refractivity (Wildman–Crippen MR) is 107 cm³/mol. The van der Waals surface area contributed by atoms with Crippen molar-refractivity contribution in [3.63, 3.8) is 0 Å². The molecule has 6 N–H and O–H groups in total. The molecule has 10 heteroatoms. The van der Waals surface area contributed by atoms with Gasteiger partial charge in [-0.3, -0.25) is 0 Å². The van der Waals surface area contributed by atoms with Crippen molar-refractivity contribution in [3.8, 4) is 0 Å². The first-order valence-electron chi connectivity index (χ1n) is 9.43. The SMILES string of the molecule is Cc1c(CO)cccc1Nc1ccccc1C(=O)O[C@H]1OC(C(=O)O)[C@H](O)C(O)C1O. The van der Waals surface area contributed by atoms with Crippen molar-refractivity contribution in [2.24, 2.45) is 0 Å². The lowest BCUT2D eigenvalue weighted by Crippen LogP contribution is -2.60. The molecule has 2 aromatic carbocycles. The highest BCUT2D eigenvalue weighted by Gasteiger charge is 2.48. The van der Waals surface area contributed by atoms with Crippen molar-refractivity contribution in [2.45, 2.75) is 44.2 Å². The van der Waals surface area contributed by atoms with Gasteiger partial charge < -0.3 is 40.3 Å². The fourth-order valence-corrected chi connectivity index (χ4v) is 3.22. The van der Waals surface area contributed by atoms with E-state index in [2.05, 4.69) is 5.32 Å². The second-order valence-corrected chi connectivity index (χ2v) is 7.06. The van der Waals surface area contributed by atoms with Crippen LogP contribution >= 0.6 is 0 Å². The van der Waals surface area contributed by atoms with E-state index in [1.54, 1.807) is 43.3 Å². The third kappa shape index (κ3) is 4.68. The van der Waals surface area contributed by atoms with Gasteiger partial charge in [-0.15, -0.1) is 0 Å². The summed E-state index contributed by atoms with van der Waals surface area (Å²) in [5.41, 5.74) is 2.54. The van der Waals surface area contributed by atoms with Crippen LogP contribution in [0, 0.1) is 6.92 Å². The van der Waals surface area contributed by atoms with Gasteiger partial charge >= 0.3 is 11.9 Å². The number of carboxylic acid groups (broad SMARTS) is 1. The molecule has 1 fully saturated rings. The Hall–Kier alpha value is -3.02. The number of nitrogens with one attached hydrogen (secondary N) is 1. The third-order valence-corrected chi connectivity index (χ3v) is 5.07. The van der Waals surface area contributed by atoms with E-state index in [0.29, 0.717) is 16.9 Å². The van der Waals surface area contributed by atoms with Gasteiger partial charge in [0.05, 0.1) is 17.9 Å². The molecule has 0 saturated carbocycles. The van der Waals surface area contributed by atoms with Gasteiger partial charge in [0.15, 0.2) is 6.10 Å². The molecule has 0 aromatic heterocycles. The topological polar surface area (TPSA) is 166 Å². The van der Waals surface area contributed by atoms with E-state index in [9.17, 15) is 30.0 Å². The molecule has 0 amide bonds. The molecule has 0 aliphatic carbocycles. The van der Waals surface area contributed by atoms with Gasteiger partial charge in [-0.2, -0.15) is 0 Å². The molecule has 0 spiro atoms. The van der Waals surface area contributed by atoms with Crippen molar-refractivity contribution in [3.05, 3.63) is 59.2 Å². The average Bonchev–Trinajstić information content (AvgIpc) is 2.75. The number of esters is 1. The number of benzene rings is 2. The molecule has 10 nitrogen and oxygen atoms in total. The quantitative estimate of drug-likeness (QED) is 0.348. The van der Waals surface area contributed by atoms with E-state index in [1.165, 1.54) is 6.07 Å². The van der Waals surface area contributed by atoms with Crippen LogP contribution in [0.1, 0.15) is 21.5 Å². The number of carbonyl (C=O) groups excluding carboxylic acids is 1. The number of aliphatic hydroxyl groups excluding tert-OH is 4. The standard InChI is InChI=1S/C21H23NO9/c1-10-11(9-23)5-4-8-13(10)22-14-7-3-2-6-12(14)20(29)31-21-17(26)15(24)16(25)18(30-21)19(27)28/h2-8,15-18,21-26H,9H2,1H3,(H,27,28)/t15?,16-,17?,18?,21-/m1/s1. The number of carbonyl (C=O) groups is 2. The lowest BCUT2D eigenvalue weighted by Gasteiger charge is -2.38. The number of aliphatic hydroxyl groups is 4. The number of aliphatic carboxylic acids is 1. The van der Waals surface area contributed by atoms with Gasteiger partial charge in [0.2, 0.25) is 6.29 Å². The van der Waals surface area contributed by atoms with Crippen LogP contribution in [0.2, 0.25) is 0 Å². The molecule has 2 aromatic rings. The Labute approximate surface area is 177 Å². The molecule has 1 aliphatic rings. The van der Waals surface area contributed by atoms with Gasteiger partial charge in [-0.1, -0.05) is 24.3 Å². The smallest absolute Gasteiger partial charge is 0.342 e. The van der Waals surface area contributed by atoms with Crippen LogP contribution in [0.3, 0.4) is 0 Å². The summed E-state index contributed by atoms with van der Waals surface area (Å²) in [7, 11) is 0. The van der Waals surface area contributed by atoms with Crippen molar-refractivity contribution in [2.75, 3.05) is 5.32 Å². The van der Waals surface area contributed by atoms with Crippen molar-refractivity contribution in [1.82, 2.24) is 0 Å². The number of hydrogen-bond acceptors (Lipinski definition) is 9. The highest BCUT2D eigenvalue weighted by Crippen LogP contribution is 2.28. The predicted octanol–water partition coefficient (Wildman–Crippen LogP) is 0.280. The summed E-state index contributed by atoms with van der Waals surface area (Å²) >= 11 is 0. The van der Waals surface area contributed by atoms with Crippen molar-refractivity contribution < 1.29 is 44.6 Å².